The second-order valence-corrected chi connectivity index (χ2v) is 5.61. The minimum absolute atomic E-state index is 0.00591. The number of rotatable bonds is 7. The van der Waals surface area contributed by atoms with Crippen LogP contribution in [0.25, 0.3) is 0 Å². The van der Waals surface area contributed by atoms with Gasteiger partial charge in [-0.1, -0.05) is 12.1 Å². The Morgan fingerprint density at radius 2 is 2.00 bits per heavy atom. The summed E-state index contributed by atoms with van der Waals surface area (Å²) in [5, 5.41) is 8.84. The van der Waals surface area contributed by atoms with Crippen molar-refractivity contribution in [3.63, 3.8) is 0 Å². The normalized spacial score (nSPS) is 17.6. The molecule has 1 aliphatic rings. The largest absolute Gasteiger partial charge is 0.493 e. The van der Waals surface area contributed by atoms with Gasteiger partial charge in [0, 0.05) is 19.0 Å². The second-order valence-electron chi connectivity index (χ2n) is 5.61. The number of aliphatic carboxylic acids is 1. The number of carboxylic acids is 1. The molecule has 126 valence electrons. The van der Waals surface area contributed by atoms with E-state index < -0.39 is 5.97 Å². The molecule has 0 aliphatic carbocycles. The molecular formula is C17H23NO5. The highest BCUT2D eigenvalue weighted by Crippen LogP contribution is 2.26. The summed E-state index contributed by atoms with van der Waals surface area (Å²) < 4.78 is 10.8. The zero-order valence-electron chi connectivity index (χ0n) is 13.4. The average molecular weight is 321 g/mol. The lowest BCUT2D eigenvalue weighted by Crippen LogP contribution is -2.46. The Morgan fingerprint density at radius 1 is 1.26 bits per heavy atom. The standard InChI is InChI=1S/C17H23NO5/c1-22-14-7-2-3-8-15(14)23-12-16(19)18-11-5-4-6-13(18)9-10-17(20)21/h2-3,7-8,13H,4-6,9-12H2,1H3,(H,20,21)/t13-/m0/s1. The number of ether oxygens (including phenoxy) is 2. The summed E-state index contributed by atoms with van der Waals surface area (Å²) in [5.41, 5.74) is 0. The van der Waals surface area contributed by atoms with E-state index >= 15 is 0 Å². The van der Waals surface area contributed by atoms with Crippen LogP contribution in [0.4, 0.5) is 0 Å². The van der Waals surface area contributed by atoms with Crippen LogP contribution in [0.15, 0.2) is 24.3 Å². The molecule has 1 amide bonds. The minimum atomic E-state index is -0.826. The molecule has 1 heterocycles. The smallest absolute Gasteiger partial charge is 0.303 e. The van der Waals surface area contributed by atoms with Crippen LogP contribution in [-0.2, 0) is 9.59 Å². The van der Waals surface area contributed by atoms with Crippen LogP contribution in [0.1, 0.15) is 32.1 Å². The van der Waals surface area contributed by atoms with Crippen molar-refractivity contribution in [1.82, 2.24) is 4.90 Å². The van der Waals surface area contributed by atoms with Gasteiger partial charge in [0.2, 0.25) is 0 Å². The van der Waals surface area contributed by atoms with Crippen molar-refractivity contribution < 1.29 is 24.2 Å². The predicted octanol–water partition coefficient (Wildman–Crippen LogP) is 2.32. The number of hydrogen-bond acceptors (Lipinski definition) is 4. The molecule has 2 rings (SSSR count). The van der Waals surface area contributed by atoms with Gasteiger partial charge in [-0.2, -0.15) is 0 Å². The van der Waals surface area contributed by atoms with E-state index in [1.807, 2.05) is 12.1 Å². The van der Waals surface area contributed by atoms with Crippen molar-refractivity contribution in [2.75, 3.05) is 20.3 Å². The first-order chi connectivity index (χ1) is 11.1. The average Bonchev–Trinajstić information content (AvgIpc) is 2.58. The molecule has 0 bridgehead atoms. The molecule has 0 radical (unpaired) electrons. The topological polar surface area (TPSA) is 76.1 Å². The number of piperidine rings is 1. The fraction of sp³-hybridized carbons (Fsp3) is 0.529. The summed E-state index contributed by atoms with van der Waals surface area (Å²) in [6, 6.07) is 7.17. The maximum absolute atomic E-state index is 12.4. The maximum atomic E-state index is 12.4. The van der Waals surface area contributed by atoms with Gasteiger partial charge in [-0.25, -0.2) is 0 Å². The Balaban J connectivity index is 1.93. The highest BCUT2D eigenvalue weighted by atomic mass is 16.5. The molecule has 1 fully saturated rings. The van der Waals surface area contributed by atoms with Gasteiger partial charge in [-0.15, -0.1) is 0 Å². The second kappa shape index (κ2) is 8.41. The number of para-hydroxylation sites is 2. The number of nitrogens with zero attached hydrogens (tertiary/aromatic N) is 1. The van der Waals surface area contributed by atoms with Gasteiger partial charge in [-0.3, -0.25) is 9.59 Å². The zero-order chi connectivity index (χ0) is 16.7. The van der Waals surface area contributed by atoms with Crippen LogP contribution < -0.4 is 9.47 Å². The molecule has 23 heavy (non-hydrogen) atoms. The van der Waals surface area contributed by atoms with E-state index in [9.17, 15) is 9.59 Å². The van der Waals surface area contributed by atoms with Crippen molar-refractivity contribution in [2.45, 2.75) is 38.1 Å². The van der Waals surface area contributed by atoms with E-state index in [-0.39, 0.29) is 25.0 Å². The van der Waals surface area contributed by atoms with Gasteiger partial charge in [-0.05, 0) is 37.8 Å². The van der Waals surface area contributed by atoms with E-state index in [2.05, 4.69) is 0 Å². The van der Waals surface area contributed by atoms with Crippen LogP contribution in [0.3, 0.4) is 0 Å². The third-order valence-electron chi connectivity index (χ3n) is 4.06. The van der Waals surface area contributed by atoms with Crippen molar-refractivity contribution in [2.24, 2.45) is 0 Å². The number of likely N-dealkylation sites (tertiary alicyclic amines) is 1. The molecule has 6 heteroatoms. The molecule has 6 nitrogen and oxygen atoms in total. The highest BCUT2D eigenvalue weighted by molar-refractivity contribution is 5.78. The summed E-state index contributed by atoms with van der Waals surface area (Å²) in [7, 11) is 1.55. The molecule has 1 aromatic rings. The van der Waals surface area contributed by atoms with Crippen molar-refractivity contribution in [3.8, 4) is 11.5 Å². The Hall–Kier alpha value is -2.24. The first kappa shape index (κ1) is 17.1. The number of carbonyl (C=O) groups excluding carboxylic acids is 1. The first-order valence-electron chi connectivity index (χ1n) is 7.89. The van der Waals surface area contributed by atoms with E-state index in [1.54, 1.807) is 24.1 Å². The van der Waals surface area contributed by atoms with Gasteiger partial charge >= 0.3 is 5.97 Å². The number of benzene rings is 1. The number of carbonyl (C=O) groups is 2. The molecule has 1 atom stereocenters. The summed E-state index contributed by atoms with van der Waals surface area (Å²) in [6.07, 6.45) is 3.41. The van der Waals surface area contributed by atoms with Gasteiger partial charge in [0.05, 0.1) is 7.11 Å². The molecule has 1 saturated heterocycles. The van der Waals surface area contributed by atoms with E-state index in [1.165, 1.54) is 0 Å². The highest BCUT2D eigenvalue weighted by Gasteiger charge is 2.27. The fourth-order valence-corrected chi connectivity index (χ4v) is 2.88. The lowest BCUT2D eigenvalue weighted by molar-refractivity contribution is -0.141. The van der Waals surface area contributed by atoms with Crippen molar-refractivity contribution in [3.05, 3.63) is 24.3 Å². The minimum Gasteiger partial charge on any atom is -0.493 e. The summed E-state index contributed by atoms with van der Waals surface area (Å²) in [6.45, 7) is 0.600. The monoisotopic (exact) mass is 321 g/mol. The van der Waals surface area contributed by atoms with Gasteiger partial charge in [0.25, 0.3) is 5.91 Å². The van der Waals surface area contributed by atoms with E-state index in [4.69, 9.17) is 14.6 Å². The van der Waals surface area contributed by atoms with Gasteiger partial charge < -0.3 is 19.5 Å². The Labute approximate surface area is 136 Å². The lowest BCUT2D eigenvalue weighted by atomic mass is 9.98. The van der Waals surface area contributed by atoms with E-state index in [0.717, 1.165) is 19.3 Å². The molecule has 1 N–H and O–H groups in total. The maximum Gasteiger partial charge on any atom is 0.303 e. The first-order valence-corrected chi connectivity index (χ1v) is 7.89. The zero-order valence-corrected chi connectivity index (χ0v) is 13.4. The SMILES string of the molecule is COc1ccccc1OCC(=O)N1CCCC[C@H]1CCC(=O)O. The Morgan fingerprint density at radius 3 is 2.70 bits per heavy atom. The van der Waals surface area contributed by atoms with Crippen LogP contribution in [0.2, 0.25) is 0 Å². The Kier molecular flexibility index (Phi) is 6.26. The number of amides is 1. The fourth-order valence-electron chi connectivity index (χ4n) is 2.88. The van der Waals surface area contributed by atoms with Crippen LogP contribution >= 0.6 is 0 Å². The molecule has 0 aromatic heterocycles. The summed E-state index contributed by atoms with van der Waals surface area (Å²) in [4.78, 5) is 25.0. The molecular weight excluding hydrogens is 298 g/mol. The van der Waals surface area contributed by atoms with Crippen molar-refractivity contribution >= 4 is 11.9 Å². The van der Waals surface area contributed by atoms with Crippen molar-refractivity contribution in [1.29, 1.82) is 0 Å². The third-order valence-corrected chi connectivity index (χ3v) is 4.06. The van der Waals surface area contributed by atoms with Gasteiger partial charge in [0.1, 0.15) is 0 Å². The van der Waals surface area contributed by atoms with Crippen LogP contribution in [0, 0.1) is 0 Å². The van der Waals surface area contributed by atoms with Crippen LogP contribution in [0.5, 0.6) is 11.5 Å². The number of hydrogen-bond donors (Lipinski definition) is 1. The number of methoxy groups -OCH3 is 1. The molecule has 0 saturated carbocycles. The molecule has 1 aromatic carbocycles. The lowest BCUT2D eigenvalue weighted by Gasteiger charge is -2.35. The van der Waals surface area contributed by atoms with Gasteiger partial charge in [0.15, 0.2) is 18.1 Å². The summed E-state index contributed by atoms with van der Waals surface area (Å²) in [5.74, 6) is 0.183. The quantitative estimate of drug-likeness (QED) is 0.834. The third kappa shape index (κ3) is 4.87. The summed E-state index contributed by atoms with van der Waals surface area (Å²) >= 11 is 0. The predicted molar refractivity (Wildman–Crippen MR) is 84.7 cm³/mol. The van der Waals surface area contributed by atoms with E-state index in [0.29, 0.717) is 24.5 Å². The molecule has 1 aliphatic heterocycles. The Bertz CT molecular complexity index is 546. The molecule has 0 unspecified atom stereocenters. The molecule has 0 spiro atoms. The van der Waals surface area contributed by atoms with Crippen LogP contribution in [-0.4, -0.2) is 48.2 Å². The number of carboxylic acid groups (broad SMARTS) is 1.